The van der Waals surface area contributed by atoms with Crippen molar-refractivity contribution in [3.8, 4) is 0 Å². The lowest BCUT2D eigenvalue weighted by Crippen LogP contribution is -2.32. The van der Waals surface area contributed by atoms with Crippen LogP contribution >= 0.6 is 7.26 Å². The topological polar surface area (TPSA) is 52.3 Å². The fraction of sp³-hybridized carbons (Fsp3) is 0.176. The standard InChI is InChI=1S/C34H33NO3P/c1-2-37-34(36)24-28(27-15-7-3-8-16-27)23-33-35-29(25-38-33)26-39(30-17-9-4-10-18-30,31-19-11-5-12-20-31)32-21-13-6-14-22-32/h3-22,25,28H,2,23-24,26H2,1H3/q+1. The van der Waals surface area contributed by atoms with Crippen LogP contribution in [0, 0.1) is 0 Å². The Morgan fingerprint density at radius 3 is 1.74 bits per heavy atom. The van der Waals surface area contributed by atoms with Crippen LogP contribution in [0.5, 0.6) is 0 Å². The Labute approximate surface area is 231 Å². The van der Waals surface area contributed by atoms with Gasteiger partial charge in [-0.05, 0) is 48.9 Å². The van der Waals surface area contributed by atoms with Crippen molar-refractivity contribution in [3.05, 3.63) is 145 Å². The van der Waals surface area contributed by atoms with Gasteiger partial charge in [0.05, 0.1) is 13.0 Å². The molecule has 1 aromatic heterocycles. The first-order valence-corrected chi connectivity index (χ1v) is 15.3. The minimum atomic E-state index is -2.08. The Kier molecular flexibility index (Phi) is 8.65. The maximum Gasteiger partial charge on any atom is 0.306 e. The van der Waals surface area contributed by atoms with Gasteiger partial charge in [0.15, 0.2) is 5.89 Å². The molecule has 0 amide bonds. The van der Waals surface area contributed by atoms with Crippen LogP contribution in [0.3, 0.4) is 0 Å². The minimum Gasteiger partial charge on any atom is -0.466 e. The van der Waals surface area contributed by atoms with Crippen LogP contribution < -0.4 is 15.9 Å². The summed E-state index contributed by atoms with van der Waals surface area (Å²) in [4.78, 5) is 17.4. The maximum absolute atomic E-state index is 12.4. The summed E-state index contributed by atoms with van der Waals surface area (Å²) in [5.41, 5.74) is 1.99. The van der Waals surface area contributed by atoms with Gasteiger partial charge in [0.2, 0.25) is 0 Å². The van der Waals surface area contributed by atoms with Crippen molar-refractivity contribution in [2.45, 2.75) is 31.8 Å². The van der Waals surface area contributed by atoms with Crippen molar-refractivity contribution in [1.82, 2.24) is 4.98 Å². The van der Waals surface area contributed by atoms with Gasteiger partial charge in [-0.2, -0.15) is 0 Å². The number of rotatable bonds is 11. The molecule has 1 unspecified atom stereocenters. The Morgan fingerprint density at radius 2 is 1.26 bits per heavy atom. The number of hydrogen-bond donors (Lipinski definition) is 0. The summed E-state index contributed by atoms with van der Waals surface area (Å²) in [6, 6.07) is 42.4. The third-order valence-electron chi connectivity index (χ3n) is 7.00. The van der Waals surface area contributed by atoms with E-state index in [-0.39, 0.29) is 18.3 Å². The number of carbonyl (C=O) groups is 1. The third kappa shape index (κ3) is 6.19. The Bertz CT molecular complexity index is 1360. The molecule has 4 aromatic carbocycles. The zero-order valence-electron chi connectivity index (χ0n) is 22.1. The molecule has 0 saturated carbocycles. The first-order chi connectivity index (χ1) is 19.2. The van der Waals surface area contributed by atoms with Crippen LogP contribution in [0.25, 0.3) is 0 Å². The van der Waals surface area contributed by atoms with E-state index in [1.54, 1.807) is 6.26 Å². The molecule has 0 saturated heterocycles. The van der Waals surface area contributed by atoms with Crippen LogP contribution in [0.2, 0.25) is 0 Å². The number of hydrogen-bond acceptors (Lipinski definition) is 4. The molecule has 0 spiro atoms. The third-order valence-corrected chi connectivity index (χ3v) is 11.3. The van der Waals surface area contributed by atoms with Crippen molar-refractivity contribution < 1.29 is 13.9 Å². The van der Waals surface area contributed by atoms with Crippen LogP contribution in [-0.4, -0.2) is 17.6 Å². The lowest BCUT2D eigenvalue weighted by atomic mass is 9.92. The molecule has 0 bridgehead atoms. The summed E-state index contributed by atoms with van der Waals surface area (Å²) in [6.07, 6.45) is 3.34. The quantitative estimate of drug-likeness (QED) is 0.144. The second-order valence-electron chi connectivity index (χ2n) is 9.53. The monoisotopic (exact) mass is 534 g/mol. The second-order valence-corrected chi connectivity index (χ2v) is 13.0. The first-order valence-electron chi connectivity index (χ1n) is 13.4. The molecule has 0 aliphatic carbocycles. The van der Waals surface area contributed by atoms with E-state index in [9.17, 15) is 4.79 Å². The van der Waals surface area contributed by atoms with Gasteiger partial charge < -0.3 is 9.15 Å². The van der Waals surface area contributed by atoms with Crippen molar-refractivity contribution in [2.24, 2.45) is 0 Å². The van der Waals surface area contributed by atoms with Gasteiger partial charge in [-0.1, -0.05) is 84.9 Å². The highest BCUT2D eigenvalue weighted by atomic mass is 31.2. The Morgan fingerprint density at radius 1 is 0.769 bits per heavy atom. The number of ether oxygens (including phenoxy) is 1. The highest BCUT2D eigenvalue weighted by Crippen LogP contribution is 2.58. The summed E-state index contributed by atoms with van der Waals surface area (Å²) in [6.45, 7) is 2.20. The zero-order chi connectivity index (χ0) is 26.9. The predicted molar refractivity (Wildman–Crippen MR) is 159 cm³/mol. The number of carbonyl (C=O) groups excluding carboxylic acids is 1. The summed E-state index contributed by atoms with van der Waals surface area (Å²) in [5.74, 6) is 0.351. The lowest BCUT2D eigenvalue weighted by Gasteiger charge is -2.26. The van der Waals surface area contributed by atoms with Gasteiger partial charge in [-0.25, -0.2) is 4.98 Å². The highest BCUT2D eigenvalue weighted by Gasteiger charge is 2.46. The average molecular weight is 535 g/mol. The van der Waals surface area contributed by atoms with Gasteiger partial charge in [0.25, 0.3) is 0 Å². The zero-order valence-corrected chi connectivity index (χ0v) is 23.0. The number of oxazole rings is 1. The molecule has 0 radical (unpaired) electrons. The van der Waals surface area contributed by atoms with Crippen molar-refractivity contribution in [3.63, 3.8) is 0 Å². The van der Waals surface area contributed by atoms with Crippen LogP contribution in [0.15, 0.2) is 132 Å². The molecule has 0 aliphatic heterocycles. The number of nitrogens with zero attached hydrogens (tertiary/aromatic N) is 1. The number of esters is 1. The average Bonchev–Trinajstić information content (AvgIpc) is 3.44. The van der Waals surface area contributed by atoms with E-state index < -0.39 is 7.26 Å². The molecule has 1 heterocycles. The van der Waals surface area contributed by atoms with E-state index in [2.05, 4.69) is 91.0 Å². The van der Waals surface area contributed by atoms with Crippen LogP contribution in [-0.2, 0) is 22.1 Å². The van der Waals surface area contributed by atoms with Crippen molar-refractivity contribution in [1.29, 1.82) is 0 Å². The van der Waals surface area contributed by atoms with Gasteiger partial charge >= 0.3 is 5.97 Å². The normalized spacial score (nSPS) is 12.1. The van der Waals surface area contributed by atoms with E-state index in [0.717, 1.165) is 17.4 Å². The smallest absolute Gasteiger partial charge is 0.306 e. The summed E-state index contributed by atoms with van der Waals surface area (Å²) in [5, 5.41) is 3.91. The molecule has 4 nitrogen and oxygen atoms in total. The van der Waals surface area contributed by atoms with E-state index in [1.807, 2.05) is 37.3 Å². The molecule has 0 aliphatic rings. The van der Waals surface area contributed by atoms with Crippen molar-refractivity contribution >= 4 is 29.1 Å². The summed E-state index contributed by atoms with van der Waals surface area (Å²) >= 11 is 0. The summed E-state index contributed by atoms with van der Waals surface area (Å²) < 4.78 is 11.3. The minimum absolute atomic E-state index is 0.0753. The molecule has 0 N–H and O–H groups in total. The highest BCUT2D eigenvalue weighted by molar-refractivity contribution is 7.95. The first kappa shape index (κ1) is 26.6. The largest absolute Gasteiger partial charge is 0.466 e. The Hall–Kier alpha value is -4.01. The molecule has 196 valence electrons. The molecule has 0 fully saturated rings. The SMILES string of the molecule is CCOC(=O)CC(Cc1nc(C[P+](c2ccccc2)(c2ccccc2)c2ccccc2)co1)c1ccccc1. The van der Waals surface area contributed by atoms with E-state index >= 15 is 0 Å². The van der Waals surface area contributed by atoms with E-state index in [4.69, 9.17) is 14.1 Å². The van der Waals surface area contributed by atoms with Gasteiger partial charge in [0, 0.05) is 12.3 Å². The van der Waals surface area contributed by atoms with Crippen LogP contribution in [0.4, 0.5) is 0 Å². The molecule has 5 rings (SSSR count). The second kappa shape index (κ2) is 12.7. The van der Waals surface area contributed by atoms with Gasteiger partial charge in [-0.15, -0.1) is 0 Å². The predicted octanol–water partition coefficient (Wildman–Crippen LogP) is 6.45. The lowest BCUT2D eigenvalue weighted by molar-refractivity contribution is -0.143. The number of aromatic nitrogens is 1. The van der Waals surface area contributed by atoms with E-state index in [1.165, 1.54) is 15.9 Å². The van der Waals surface area contributed by atoms with Gasteiger partial charge in [-0.3, -0.25) is 4.79 Å². The summed E-state index contributed by atoms with van der Waals surface area (Å²) in [7, 11) is -2.08. The van der Waals surface area contributed by atoms with Crippen molar-refractivity contribution in [2.75, 3.05) is 6.61 Å². The molecule has 5 heteroatoms. The number of benzene rings is 4. The van der Waals surface area contributed by atoms with E-state index in [0.29, 0.717) is 18.9 Å². The molecule has 1 atom stereocenters. The molecule has 5 aromatic rings. The van der Waals surface area contributed by atoms with Crippen LogP contribution in [0.1, 0.15) is 36.4 Å². The molecular formula is C34H33NO3P+. The molecule has 39 heavy (non-hydrogen) atoms. The fourth-order valence-electron chi connectivity index (χ4n) is 5.19. The Balaban J connectivity index is 1.51. The van der Waals surface area contributed by atoms with Gasteiger partial charge in [0.1, 0.15) is 41.3 Å². The molecular weight excluding hydrogens is 501 g/mol. The fourth-order valence-corrected chi connectivity index (χ4v) is 9.31. The maximum atomic E-state index is 12.4.